The van der Waals surface area contributed by atoms with Gasteiger partial charge in [-0.2, -0.15) is 0 Å². The number of halogens is 2. The minimum Gasteiger partial charge on any atom is -0.396 e. The smallest absolute Gasteiger partial charge is 0.148 e. The van der Waals surface area contributed by atoms with E-state index in [0.29, 0.717) is 33.3 Å². The molecule has 84 valence electrons. The Hall–Kier alpha value is -1.36. The molecule has 0 fully saturated rings. The van der Waals surface area contributed by atoms with Gasteiger partial charge >= 0.3 is 0 Å². The van der Waals surface area contributed by atoms with Gasteiger partial charge in [-0.25, -0.2) is 4.39 Å². The molecule has 0 amide bonds. The Morgan fingerprint density at radius 2 is 2.25 bits per heavy atom. The van der Waals surface area contributed by atoms with Gasteiger partial charge in [-0.15, -0.1) is 0 Å². The van der Waals surface area contributed by atoms with E-state index < -0.39 is 0 Å². The minimum atomic E-state index is -0.340. The van der Waals surface area contributed by atoms with Crippen molar-refractivity contribution in [3.63, 3.8) is 0 Å². The maximum atomic E-state index is 14.0. The van der Waals surface area contributed by atoms with Crippen LogP contribution in [0.5, 0.6) is 0 Å². The van der Waals surface area contributed by atoms with Crippen molar-refractivity contribution in [2.75, 3.05) is 17.6 Å². The van der Waals surface area contributed by atoms with Crippen LogP contribution in [0.25, 0.3) is 10.9 Å². The molecule has 0 aliphatic heterocycles. The molecule has 0 saturated heterocycles. The number of aromatic nitrogens is 1. The molecule has 1 aromatic carbocycles. The molecule has 0 saturated carbocycles. The van der Waals surface area contributed by atoms with Crippen molar-refractivity contribution in [3.05, 3.63) is 28.6 Å². The monoisotopic (exact) mass is 283 g/mol. The lowest BCUT2D eigenvalue weighted by Crippen LogP contribution is -2.03. The number of rotatable bonds is 2. The van der Waals surface area contributed by atoms with Crippen LogP contribution in [0.15, 0.2) is 22.8 Å². The minimum absolute atomic E-state index is 0.340. The lowest BCUT2D eigenvalue weighted by molar-refractivity contribution is 0.633. The van der Waals surface area contributed by atoms with E-state index in [1.165, 1.54) is 6.20 Å². The third-order valence-electron chi connectivity index (χ3n) is 2.31. The van der Waals surface area contributed by atoms with Crippen molar-refractivity contribution in [2.24, 2.45) is 0 Å². The summed E-state index contributed by atoms with van der Waals surface area (Å²) in [6, 6.07) is 3.39. The average Bonchev–Trinajstić information content (AvgIpc) is 2.27. The van der Waals surface area contributed by atoms with Gasteiger partial charge in [0.15, 0.2) is 0 Å². The Morgan fingerprint density at radius 3 is 2.94 bits per heavy atom. The Bertz CT molecular complexity index is 537. The van der Waals surface area contributed by atoms with Gasteiger partial charge in [0.25, 0.3) is 0 Å². The topological polar surface area (TPSA) is 50.9 Å². The highest BCUT2D eigenvalue weighted by Crippen LogP contribution is 2.33. The molecule has 2 rings (SSSR count). The summed E-state index contributed by atoms with van der Waals surface area (Å²) in [5.41, 5.74) is 7.43. The number of fused-ring (bicyclic) bond motifs is 1. The molecule has 1 heterocycles. The molecule has 0 spiro atoms. The molecule has 1 aromatic heterocycles. The normalized spacial score (nSPS) is 10.7. The number of anilines is 2. The Morgan fingerprint density at radius 1 is 1.50 bits per heavy atom. The van der Waals surface area contributed by atoms with Crippen LogP contribution in [0.1, 0.15) is 6.92 Å². The summed E-state index contributed by atoms with van der Waals surface area (Å²) < 4.78 is 14.4. The molecular formula is C11H11BrFN3. The van der Waals surface area contributed by atoms with Crippen molar-refractivity contribution in [1.82, 2.24) is 4.98 Å². The van der Waals surface area contributed by atoms with Gasteiger partial charge in [0.2, 0.25) is 0 Å². The van der Waals surface area contributed by atoms with Crippen LogP contribution in [0.4, 0.5) is 15.8 Å². The molecule has 16 heavy (non-hydrogen) atoms. The standard InChI is InChI=1S/C11H11BrFN3/c1-2-15-11-7(14)5-16-8-4-3-6(12)10(13)9(8)11/h3-5H,2,14H2,1H3,(H,15,16). The highest BCUT2D eigenvalue weighted by molar-refractivity contribution is 9.10. The maximum Gasteiger partial charge on any atom is 0.148 e. The molecule has 0 unspecified atom stereocenters. The Labute approximate surface area is 101 Å². The zero-order valence-corrected chi connectivity index (χ0v) is 10.3. The third-order valence-corrected chi connectivity index (χ3v) is 2.92. The third kappa shape index (κ3) is 1.71. The van der Waals surface area contributed by atoms with E-state index in [2.05, 4.69) is 26.2 Å². The second kappa shape index (κ2) is 4.25. The van der Waals surface area contributed by atoms with E-state index in [9.17, 15) is 4.39 Å². The summed E-state index contributed by atoms with van der Waals surface area (Å²) in [5, 5.41) is 3.49. The van der Waals surface area contributed by atoms with Crippen LogP contribution in [-0.2, 0) is 0 Å². The fourth-order valence-corrected chi connectivity index (χ4v) is 1.93. The first-order chi connectivity index (χ1) is 7.65. The highest BCUT2D eigenvalue weighted by Gasteiger charge is 2.12. The second-order valence-electron chi connectivity index (χ2n) is 3.37. The lowest BCUT2D eigenvalue weighted by Gasteiger charge is -2.11. The van der Waals surface area contributed by atoms with Crippen molar-refractivity contribution in [2.45, 2.75) is 6.92 Å². The lowest BCUT2D eigenvalue weighted by atomic mass is 10.1. The first kappa shape index (κ1) is 11.1. The van der Waals surface area contributed by atoms with Crippen molar-refractivity contribution >= 4 is 38.2 Å². The number of hydrogen-bond acceptors (Lipinski definition) is 3. The van der Waals surface area contributed by atoms with Crippen LogP contribution in [0.2, 0.25) is 0 Å². The van der Waals surface area contributed by atoms with Crippen LogP contribution in [0, 0.1) is 5.82 Å². The fourth-order valence-electron chi connectivity index (χ4n) is 1.60. The number of nitrogen functional groups attached to an aromatic ring is 1. The highest BCUT2D eigenvalue weighted by atomic mass is 79.9. The summed E-state index contributed by atoms with van der Waals surface area (Å²) in [5.74, 6) is -0.340. The van der Waals surface area contributed by atoms with Crippen molar-refractivity contribution < 1.29 is 4.39 Å². The zero-order chi connectivity index (χ0) is 11.7. The quantitative estimate of drug-likeness (QED) is 0.890. The predicted molar refractivity (Wildman–Crippen MR) is 68.0 cm³/mol. The summed E-state index contributed by atoms with van der Waals surface area (Å²) in [6.45, 7) is 2.61. The average molecular weight is 284 g/mol. The Kier molecular flexibility index (Phi) is 2.96. The number of benzene rings is 1. The van der Waals surface area contributed by atoms with Crippen molar-refractivity contribution in [1.29, 1.82) is 0 Å². The first-order valence-electron chi connectivity index (χ1n) is 4.91. The molecule has 0 atom stereocenters. The summed E-state index contributed by atoms with van der Waals surface area (Å²) in [6.07, 6.45) is 1.54. The Balaban J connectivity index is 2.83. The van der Waals surface area contributed by atoms with Gasteiger partial charge < -0.3 is 11.1 Å². The van der Waals surface area contributed by atoms with Gasteiger partial charge in [0, 0.05) is 6.54 Å². The van der Waals surface area contributed by atoms with Crippen LogP contribution < -0.4 is 11.1 Å². The van der Waals surface area contributed by atoms with E-state index in [4.69, 9.17) is 5.73 Å². The van der Waals surface area contributed by atoms with E-state index >= 15 is 0 Å². The van der Waals surface area contributed by atoms with Crippen molar-refractivity contribution in [3.8, 4) is 0 Å². The second-order valence-corrected chi connectivity index (χ2v) is 4.23. The summed E-state index contributed by atoms with van der Waals surface area (Å²) in [4.78, 5) is 4.10. The number of nitrogens with two attached hydrogens (primary N) is 1. The molecule has 2 aromatic rings. The van der Waals surface area contributed by atoms with Gasteiger partial charge in [0.1, 0.15) is 5.82 Å². The molecule has 3 N–H and O–H groups in total. The van der Waals surface area contributed by atoms with Gasteiger partial charge in [0.05, 0.1) is 32.9 Å². The summed E-state index contributed by atoms with van der Waals surface area (Å²) >= 11 is 3.15. The molecule has 0 bridgehead atoms. The number of nitrogens with zero attached hydrogens (tertiary/aromatic N) is 1. The maximum absolute atomic E-state index is 14.0. The first-order valence-corrected chi connectivity index (χ1v) is 5.70. The van der Waals surface area contributed by atoms with Crippen LogP contribution in [0.3, 0.4) is 0 Å². The SMILES string of the molecule is CCNc1c(N)cnc2ccc(Br)c(F)c12. The van der Waals surface area contributed by atoms with Gasteiger partial charge in [-0.3, -0.25) is 4.98 Å². The van der Waals surface area contributed by atoms with E-state index in [-0.39, 0.29) is 5.82 Å². The predicted octanol–water partition coefficient (Wildman–Crippen LogP) is 3.15. The van der Waals surface area contributed by atoms with Crippen LogP contribution in [-0.4, -0.2) is 11.5 Å². The van der Waals surface area contributed by atoms with Crippen LogP contribution >= 0.6 is 15.9 Å². The van der Waals surface area contributed by atoms with Gasteiger partial charge in [-0.05, 0) is 35.0 Å². The number of nitrogens with one attached hydrogen (secondary N) is 1. The molecule has 0 aliphatic rings. The molecule has 0 radical (unpaired) electrons. The number of hydrogen-bond donors (Lipinski definition) is 2. The molecular weight excluding hydrogens is 273 g/mol. The number of pyridine rings is 1. The fraction of sp³-hybridized carbons (Fsp3) is 0.182. The molecule has 3 nitrogen and oxygen atoms in total. The van der Waals surface area contributed by atoms with E-state index in [0.717, 1.165) is 0 Å². The van der Waals surface area contributed by atoms with Gasteiger partial charge in [-0.1, -0.05) is 0 Å². The zero-order valence-electron chi connectivity index (χ0n) is 8.72. The largest absolute Gasteiger partial charge is 0.396 e. The molecule has 0 aliphatic carbocycles. The van der Waals surface area contributed by atoms with E-state index in [1.807, 2.05) is 6.92 Å². The van der Waals surface area contributed by atoms with E-state index in [1.54, 1.807) is 12.1 Å². The molecule has 5 heteroatoms. The summed E-state index contributed by atoms with van der Waals surface area (Å²) in [7, 11) is 0.